The molecule has 1 aromatic carbocycles. The van der Waals surface area contributed by atoms with Gasteiger partial charge in [0.15, 0.2) is 0 Å². The van der Waals surface area contributed by atoms with Gasteiger partial charge < -0.3 is 15.5 Å². The lowest BCUT2D eigenvalue weighted by Crippen LogP contribution is -2.47. The zero-order valence-corrected chi connectivity index (χ0v) is 15.0. The van der Waals surface area contributed by atoms with Crippen LogP contribution >= 0.6 is 11.6 Å². The van der Waals surface area contributed by atoms with Gasteiger partial charge in [0.05, 0.1) is 23.9 Å². The van der Waals surface area contributed by atoms with E-state index in [1.54, 1.807) is 30.3 Å². The molecule has 2 aliphatic heterocycles. The Labute approximate surface area is 156 Å². The summed E-state index contributed by atoms with van der Waals surface area (Å²) in [5.41, 5.74) is 1.65. The number of amides is 4. The van der Waals surface area contributed by atoms with Gasteiger partial charge in [-0.1, -0.05) is 35.9 Å². The van der Waals surface area contributed by atoms with Gasteiger partial charge in [0.2, 0.25) is 5.91 Å². The van der Waals surface area contributed by atoms with E-state index >= 15 is 0 Å². The van der Waals surface area contributed by atoms with Crippen LogP contribution in [0.4, 0.5) is 4.79 Å². The third-order valence-corrected chi connectivity index (χ3v) is 4.78. The molecule has 2 N–H and O–H groups in total. The molecule has 2 heterocycles. The van der Waals surface area contributed by atoms with Crippen molar-refractivity contribution in [3.63, 3.8) is 0 Å². The van der Waals surface area contributed by atoms with Crippen molar-refractivity contribution in [2.75, 3.05) is 26.7 Å². The zero-order chi connectivity index (χ0) is 18.8. The second kappa shape index (κ2) is 7.21. The first kappa shape index (κ1) is 18.0. The van der Waals surface area contributed by atoms with E-state index in [0.29, 0.717) is 21.9 Å². The molecule has 26 heavy (non-hydrogen) atoms. The first-order valence-electron chi connectivity index (χ1n) is 8.14. The average molecular weight is 375 g/mol. The highest BCUT2D eigenvalue weighted by molar-refractivity contribution is 6.31. The van der Waals surface area contributed by atoms with E-state index in [1.165, 1.54) is 16.8 Å². The van der Waals surface area contributed by atoms with Gasteiger partial charge in [0, 0.05) is 18.6 Å². The van der Waals surface area contributed by atoms with Crippen molar-refractivity contribution in [2.45, 2.75) is 6.04 Å². The van der Waals surface area contributed by atoms with E-state index in [4.69, 9.17) is 11.6 Å². The molecule has 1 aromatic rings. The third kappa shape index (κ3) is 3.06. The number of likely N-dealkylation sites (N-methyl/N-ethyl adjacent to an activating group) is 1. The zero-order valence-electron chi connectivity index (χ0n) is 14.3. The average Bonchev–Trinajstić information content (AvgIpc) is 2.94. The highest BCUT2D eigenvalue weighted by atomic mass is 35.5. The summed E-state index contributed by atoms with van der Waals surface area (Å²) in [7, 11) is 1.51. The summed E-state index contributed by atoms with van der Waals surface area (Å²) >= 11 is 6.29. The van der Waals surface area contributed by atoms with Crippen LogP contribution in [-0.2, 0) is 9.59 Å². The molecule has 7 nitrogen and oxygen atoms in total. The van der Waals surface area contributed by atoms with E-state index in [0.717, 1.165) is 0 Å². The Balaban J connectivity index is 2.04. The van der Waals surface area contributed by atoms with Crippen LogP contribution in [0.1, 0.15) is 11.6 Å². The van der Waals surface area contributed by atoms with Crippen LogP contribution in [0.15, 0.2) is 48.2 Å². The maximum Gasteiger partial charge on any atom is 0.322 e. The SMILES string of the molecule is C=CCN1C(=O)NC(c2ccccc2Cl)C2=C1CN(CC(=O)NC)C2=O. The maximum absolute atomic E-state index is 13.0. The van der Waals surface area contributed by atoms with Crippen molar-refractivity contribution in [3.05, 3.63) is 58.8 Å². The van der Waals surface area contributed by atoms with E-state index < -0.39 is 6.04 Å². The summed E-state index contributed by atoms with van der Waals surface area (Å²) in [6.07, 6.45) is 1.59. The van der Waals surface area contributed by atoms with Crippen molar-refractivity contribution in [3.8, 4) is 0 Å². The molecule has 2 aliphatic rings. The summed E-state index contributed by atoms with van der Waals surface area (Å²) < 4.78 is 0. The number of benzene rings is 1. The highest BCUT2D eigenvalue weighted by Gasteiger charge is 2.44. The fourth-order valence-electron chi connectivity index (χ4n) is 3.19. The Morgan fingerprint density at radius 1 is 1.42 bits per heavy atom. The predicted octanol–water partition coefficient (Wildman–Crippen LogP) is 1.43. The lowest BCUT2D eigenvalue weighted by Gasteiger charge is -2.33. The van der Waals surface area contributed by atoms with Gasteiger partial charge in [-0.2, -0.15) is 0 Å². The molecule has 0 saturated carbocycles. The number of carbonyl (C=O) groups excluding carboxylic acids is 3. The van der Waals surface area contributed by atoms with Gasteiger partial charge >= 0.3 is 6.03 Å². The minimum absolute atomic E-state index is 0.0757. The van der Waals surface area contributed by atoms with Gasteiger partial charge in [-0.05, 0) is 11.6 Å². The highest BCUT2D eigenvalue weighted by Crippen LogP contribution is 2.38. The number of nitrogens with zero attached hydrogens (tertiary/aromatic N) is 2. The van der Waals surface area contributed by atoms with Crippen molar-refractivity contribution < 1.29 is 14.4 Å². The molecule has 3 rings (SSSR count). The van der Waals surface area contributed by atoms with Gasteiger partial charge in [0.25, 0.3) is 5.91 Å². The number of urea groups is 1. The molecule has 0 radical (unpaired) electrons. The van der Waals surface area contributed by atoms with Crippen molar-refractivity contribution in [2.24, 2.45) is 0 Å². The lowest BCUT2D eigenvalue weighted by atomic mass is 9.95. The monoisotopic (exact) mass is 374 g/mol. The second-order valence-corrected chi connectivity index (χ2v) is 6.41. The maximum atomic E-state index is 13.0. The molecule has 4 amide bonds. The van der Waals surface area contributed by atoms with Crippen molar-refractivity contribution >= 4 is 29.4 Å². The Bertz CT molecular complexity index is 820. The van der Waals surface area contributed by atoms with E-state index in [1.807, 2.05) is 0 Å². The minimum Gasteiger partial charge on any atom is -0.358 e. The number of halogens is 1. The predicted molar refractivity (Wildman–Crippen MR) is 97.3 cm³/mol. The number of hydrogen-bond donors (Lipinski definition) is 2. The molecule has 136 valence electrons. The Morgan fingerprint density at radius 2 is 2.15 bits per heavy atom. The van der Waals surface area contributed by atoms with Gasteiger partial charge in [-0.15, -0.1) is 6.58 Å². The van der Waals surface area contributed by atoms with Crippen LogP contribution in [-0.4, -0.2) is 54.3 Å². The summed E-state index contributed by atoms with van der Waals surface area (Å²) in [5.74, 6) is -0.565. The molecular weight excluding hydrogens is 356 g/mol. The molecule has 1 atom stereocenters. The van der Waals surface area contributed by atoms with Crippen molar-refractivity contribution in [1.82, 2.24) is 20.4 Å². The number of carbonyl (C=O) groups is 3. The fourth-order valence-corrected chi connectivity index (χ4v) is 3.44. The van der Waals surface area contributed by atoms with E-state index in [2.05, 4.69) is 17.2 Å². The van der Waals surface area contributed by atoms with Gasteiger partial charge in [-0.25, -0.2) is 4.79 Å². The molecular formula is C18H19ClN4O3. The van der Waals surface area contributed by atoms with E-state index in [-0.39, 0.29) is 37.5 Å². The lowest BCUT2D eigenvalue weighted by molar-refractivity contribution is -0.131. The van der Waals surface area contributed by atoms with Crippen molar-refractivity contribution in [1.29, 1.82) is 0 Å². The smallest absolute Gasteiger partial charge is 0.322 e. The summed E-state index contributed by atoms with van der Waals surface area (Å²) in [4.78, 5) is 40.2. The number of rotatable bonds is 5. The molecule has 8 heteroatoms. The molecule has 0 bridgehead atoms. The van der Waals surface area contributed by atoms with Crippen LogP contribution < -0.4 is 10.6 Å². The third-order valence-electron chi connectivity index (χ3n) is 4.44. The van der Waals surface area contributed by atoms with Gasteiger partial charge in [0.1, 0.15) is 6.54 Å². The topological polar surface area (TPSA) is 81.8 Å². The number of nitrogens with one attached hydrogen (secondary N) is 2. The van der Waals surface area contributed by atoms with Crippen LogP contribution in [0, 0.1) is 0 Å². The molecule has 0 aromatic heterocycles. The largest absolute Gasteiger partial charge is 0.358 e. The molecule has 0 saturated heterocycles. The molecule has 0 aliphatic carbocycles. The number of hydrogen-bond acceptors (Lipinski definition) is 3. The summed E-state index contributed by atoms with van der Waals surface area (Å²) in [6.45, 7) is 4.04. The Kier molecular flexibility index (Phi) is 4.99. The van der Waals surface area contributed by atoms with Crippen LogP contribution in [0.25, 0.3) is 0 Å². The Hall–Kier alpha value is -2.80. The standard InChI is InChI=1S/C18H19ClN4O3/c1-3-8-23-13-9-22(10-14(24)20-2)17(25)15(13)16(21-18(23)26)11-6-4-5-7-12(11)19/h3-7,16H,1,8-10H2,2H3,(H,20,24)(H,21,26). The summed E-state index contributed by atoms with van der Waals surface area (Å²) in [5, 5.41) is 5.81. The Morgan fingerprint density at radius 3 is 2.81 bits per heavy atom. The van der Waals surface area contributed by atoms with Crippen LogP contribution in [0.2, 0.25) is 5.02 Å². The van der Waals surface area contributed by atoms with E-state index in [9.17, 15) is 14.4 Å². The summed E-state index contributed by atoms with van der Waals surface area (Å²) in [6, 6.07) is 6.07. The molecule has 0 spiro atoms. The fraction of sp³-hybridized carbons (Fsp3) is 0.278. The second-order valence-electron chi connectivity index (χ2n) is 6.00. The molecule has 0 fully saturated rings. The van der Waals surface area contributed by atoms with Crippen LogP contribution in [0.5, 0.6) is 0 Å². The van der Waals surface area contributed by atoms with Gasteiger partial charge in [-0.3, -0.25) is 14.5 Å². The minimum atomic E-state index is -0.658. The quantitative estimate of drug-likeness (QED) is 0.765. The van der Waals surface area contributed by atoms with Crippen LogP contribution in [0.3, 0.4) is 0 Å². The first-order valence-corrected chi connectivity index (χ1v) is 8.52. The molecule has 1 unspecified atom stereocenters. The normalized spacial score (nSPS) is 19.4. The first-order chi connectivity index (χ1) is 12.5.